The molecule has 5 nitrogen and oxygen atoms in total. The molecule has 0 spiro atoms. The quantitative estimate of drug-likeness (QED) is 0.638. The van der Waals surface area contributed by atoms with Gasteiger partial charge < -0.3 is 19.3 Å². The fourth-order valence-corrected chi connectivity index (χ4v) is 4.11. The van der Waals surface area contributed by atoms with Crippen molar-refractivity contribution >= 4 is 5.78 Å². The number of rotatable bonds is 0. The Balaban J connectivity index is 1.77. The molecule has 0 aromatic heterocycles. The van der Waals surface area contributed by atoms with Gasteiger partial charge >= 0.3 is 0 Å². The van der Waals surface area contributed by atoms with Gasteiger partial charge in [-0.25, -0.2) is 0 Å². The van der Waals surface area contributed by atoms with Crippen molar-refractivity contribution in [3.8, 4) is 0 Å². The highest BCUT2D eigenvalue weighted by Crippen LogP contribution is 2.57. The molecule has 4 aliphatic rings. The highest BCUT2D eigenvalue weighted by atomic mass is 16.8. The van der Waals surface area contributed by atoms with E-state index in [0.29, 0.717) is 0 Å². The van der Waals surface area contributed by atoms with E-state index in [1.165, 1.54) is 0 Å². The molecule has 2 saturated heterocycles. The smallest absolute Gasteiger partial charge is 0.163 e. The van der Waals surface area contributed by atoms with Gasteiger partial charge in [-0.05, 0) is 13.8 Å². The zero-order valence-corrected chi connectivity index (χ0v) is 9.88. The van der Waals surface area contributed by atoms with E-state index in [2.05, 4.69) is 0 Å². The van der Waals surface area contributed by atoms with Gasteiger partial charge in [0.1, 0.15) is 17.5 Å². The largest absolute Gasteiger partial charge is 0.387 e. The van der Waals surface area contributed by atoms with Gasteiger partial charge in [-0.3, -0.25) is 4.79 Å². The minimum absolute atomic E-state index is 0.0969. The van der Waals surface area contributed by atoms with Crippen molar-refractivity contribution in [3.63, 3.8) is 0 Å². The second kappa shape index (κ2) is 2.74. The van der Waals surface area contributed by atoms with Gasteiger partial charge in [-0.2, -0.15) is 0 Å². The molecule has 0 radical (unpaired) electrons. The molecule has 2 aliphatic carbocycles. The summed E-state index contributed by atoms with van der Waals surface area (Å²) in [6, 6.07) is 0. The molecule has 0 unspecified atom stereocenters. The lowest BCUT2D eigenvalue weighted by Crippen LogP contribution is -2.37. The van der Waals surface area contributed by atoms with Crippen LogP contribution in [0, 0.1) is 11.8 Å². The molecule has 6 atom stereocenters. The highest BCUT2D eigenvalue weighted by molar-refractivity contribution is 5.87. The molecule has 0 bridgehead atoms. The Morgan fingerprint density at radius 1 is 1.24 bits per heavy atom. The van der Waals surface area contributed by atoms with Gasteiger partial charge in [0.05, 0.1) is 24.7 Å². The molecule has 0 aromatic carbocycles. The first-order chi connectivity index (χ1) is 7.91. The van der Waals surface area contributed by atoms with E-state index < -0.39 is 11.4 Å². The van der Waals surface area contributed by atoms with Gasteiger partial charge in [-0.1, -0.05) is 0 Å². The Hall–Kier alpha value is -0.490. The molecule has 0 amide bonds. The summed E-state index contributed by atoms with van der Waals surface area (Å²) >= 11 is 0. The number of carbonyl (C=O) groups excluding carboxylic acids is 1. The summed E-state index contributed by atoms with van der Waals surface area (Å²) < 4.78 is 17.3. The van der Waals surface area contributed by atoms with E-state index in [1.807, 2.05) is 13.8 Å². The number of Topliss-reactive ketones (excluding diaryl/α,β-unsaturated/α-hetero) is 1. The first-order valence-electron chi connectivity index (χ1n) is 6.14. The van der Waals surface area contributed by atoms with E-state index >= 15 is 0 Å². The number of hydrogen-bond donors (Lipinski definition) is 1. The van der Waals surface area contributed by atoms with Gasteiger partial charge in [0.15, 0.2) is 5.79 Å². The molecule has 2 saturated carbocycles. The van der Waals surface area contributed by atoms with Crippen LogP contribution < -0.4 is 0 Å². The van der Waals surface area contributed by atoms with Crippen LogP contribution in [0.1, 0.15) is 20.3 Å². The summed E-state index contributed by atoms with van der Waals surface area (Å²) in [5.74, 6) is -0.951. The fourth-order valence-electron chi connectivity index (χ4n) is 4.11. The van der Waals surface area contributed by atoms with Crippen LogP contribution >= 0.6 is 0 Å². The van der Waals surface area contributed by atoms with Crippen molar-refractivity contribution in [3.05, 3.63) is 0 Å². The molecule has 0 aromatic rings. The van der Waals surface area contributed by atoms with E-state index in [9.17, 15) is 9.90 Å². The molecule has 2 aliphatic heterocycles. The van der Waals surface area contributed by atoms with Crippen molar-refractivity contribution < 1.29 is 24.1 Å². The number of ketones is 1. The van der Waals surface area contributed by atoms with Gasteiger partial charge in [0, 0.05) is 12.3 Å². The van der Waals surface area contributed by atoms with Gasteiger partial charge in [-0.15, -0.1) is 0 Å². The molecule has 1 N–H and O–H groups in total. The zero-order chi connectivity index (χ0) is 12.0. The number of aliphatic hydroxyl groups is 1. The predicted octanol–water partition coefficient (Wildman–Crippen LogP) is -0.145. The molecular weight excluding hydrogens is 224 g/mol. The van der Waals surface area contributed by atoms with E-state index in [4.69, 9.17) is 14.2 Å². The average molecular weight is 240 g/mol. The first-order valence-corrected chi connectivity index (χ1v) is 6.14. The summed E-state index contributed by atoms with van der Waals surface area (Å²) in [5, 5.41) is 10.4. The third-order valence-corrected chi connectivity index (χ3v) is 4.58. The Bertz CT molecular complexity index is 406. The standard InChI is InChI=1S/C12H16O5/c1-11(2)16-8-6-5(13)3-12(14)4-15-9(7(6)12)10(8)17-11/h6-10,14H,3-4H2,1-2H3/t6-,7+,8+,9+,10+,12+/m0/s1. The van der Waals surface area contributed by atoms with Crippen LogP contribution in [0.5, 0.6) is 0 Å². The number of carbonyl (C=O) groups is 1. The minimum atomic E-state index is -0.979. The maximum absolute atomic E-state index is 12.1. The van der Waals surface area contributed by atoms with E-state index in [1.54, 1.807) is 0 Å². The van der Waals surface area contributed by atoms with Crippen LogP contribution in [0.25, 0.3) is 0 Å². The van der Waals surface area contributed by atoms with Crippen molar-refractivity contribution in [1.82, 2.24) is 0 Å². The van der Waals surface area contributed by atoms with Crippen molar-refractivity contribution in [2.24, 2.45) is 11.8 Å². The maximum Gasteiger partial charge on any atom is 0.163 e. The Kier molecular flexibility index (Phi) is 1.68. The van der Waals surface area contributed by atoms with Crippen LogP contribution in [-0.2, 0) is 19.0 Å². The highest BCUT2D eigenvalue weighted by Gasteiger charge is 2.72. The Morgan fingerprint density at radius 3 is 2.71 bits per heavy atom. The lowest BCUT2D eigenvalue weighted by atomic mass is 9.89. The van der Waals surface area contributed by atoms with E-state index in [0.717, 1.165) is 0 Å². The molecular formula is C12H16O5. The fraction of sp³-hybridized carbons (Fsp3) is 0.917. The van der Waals surface area contributed by atoms with Gasteiger partial charge in [0.2, 0.25) is 0 Å². The third kappa shape index (κ3) is 1.11. The third-order valence-electron chi connectivity index (χ3n) is 4.58. The lowest BCUT2D eigenvalue weighted by molar-refractivity contribution is -0.172. The normalized spacial score (nSPS) is 58.5. The maximum atomic E-state index is 12.1. The van der Waals surface area contributed by atoms with E-state index in [-0.39, 0.29) is 49.0 Å². The van der Waals surface area contributed by atoms with Gasteiger partial charge in [0.25, 0.3) is 0 Å². The second-order valence-electron chi connectivity index (χ2n) is 6.14. The lowest BCUT2D eigenvalue weighted by Gasteiger charge is -2.25. The monoisotopic (exact) mass is 240 g/mol. The predicted molar refractivity (Wildman–Crippen MR) is 55.1 cm³/mol. The van der Waals surface area contributed by atoms with Crippen molar-refractivity contribution in [2.75, 3.05) is 6.61 Å². The summed E-state index contributed by atoms with van der Waals surface area (Å²) in [4.78, 5) is 12.1. The van der Waals surface area contributed by atoms with Crippen molar-refractivity contribution in [2.45, 2.75) is 50.0 Å². The van der Waals surface area contributed by atoms with Crippen LogP contribution in [0.4, 0.5) is 0 Å². The van der Waals surface area contributed by atoms with Crippen LogP contribution in [0.15, 0.2) is 0 Å². The topological polar surface area (TPSA) is 65.0 Å². The second-order valence-corrected chi connectivity index (χ2v) is 6.14. The Morgan fingerprint density at radius 2 is 1.94 bits per heavy atom. The minimum Gasteiger partial charge on any atom is -0.387 e. The molecule has 4 rings (SSSR count). The number of hydrogen-bond acceptors (Lipinski definition) is 5. The molecule has 17 heavy (non-hydrogen) atoms. The number of fused-ring (bicyclic) bond motifs is 3. The molecule has 5 heteroatoms. The SMILES string of the molecule is CC1(C)O[C@@H]2[C@H](O1)[C@H]1C(=O)C[C@@]3(O)CO[C@@H]2[C@@H]13. The van der Waals surface area contributed by atoms with Crippen LogP contribution in [0.3, 0.4) is 0 Å². The summed E-state index contributed by atoms with van der Waals surface area (Å²) in [6.45, 7) is 3.94. The summed E-state index contributed by atoms with van der Waals surface area (Å²) in [5.41, 5.74) is -0.979. The molecule has 4 fully saturated rings. The van der Waals surface area contributed by atoms with Crippen molar-refractivity contribution in [1.29, 1.82) is 0 Å². The summed E-state index contributed by atoms with van der Waals surface area (Å²) in [7, 11) is 0. The van der Waals surface area contributed by atoms with Crippen LogP contribution in [-0.4, -0.2) is 47.2 Å². The first kappa shape index (κ1) is 10.4. The average Bonchev–Trinajstić information content (AvgIpc) is 2.79. The van der Waals surface area contributed by atoms with Crippen LogP contribution in [0.2, 0.25) is 0 Å². The number of ether oxygens (including phenoxy) is 3. The molecule has 2 heterocycles. The molecule has 94 valence electrons. The zero-order valence-electron chi connectivity index (χ0n) is 9.88. The summed E-state index contributed by atoms with van der Waals surface area (Å²) in [6.07, 6.45) is -0.449. The Labute approximate surface area is 99.0 Å².